The predicted octanol–water partition coefficient (Wildman–Crippen LogP) is 0.836. The van der Waals surface area contributed by atoms with E-state index >= 15 is 0 Å². The monoisotopic (exact) mass is 154 g/mol. The van der Waals surface area contributed by atoms with E-state index in [-0.39, 0.29) is 4.16 Å². The molecular weight excluding hydrogens is 152 g/mol. The van der Waals surface area contributed by atoms with Gasteiger partial charge in [0.1, 0.15) is 10.4 Å². The molecule has 0 aromatic heterocycles. The number of alkyl halides is 1. The van der Waals surface area contributed by atoms with Gasteiger partial charge in [-0.15, -0.1) is 0 Å². The first-order valence-electron chi connectivity index (χ1n) is 1.05. The van der Waals surface area contributed by atoms with Gasteiger partial charge in [0.2, 0.25) is 0 Å². The minimum absolute atomic E-state index is 0.289. The second kappa shape index (κ2) is 2.72. The van der Waals surface area contributed by atoms with Crippen molar-refractivity contribution in [2.24, 2.45) is 0 Å². The second-order valence-corrected chi connectivity index (χ2v) is 2.76. The Labute approximate surface area is 44.3 Å². The van der Waals surface area contributed by atoms with E-state index in [1.54, 1.807) is 0 Å². The number of halogens is 1. The largest absolute Gasteiger partial charge is 0.301 e. The fraction of sp³-hybridized carbons (Fsp3) is 0.500. The van der Waals surface area contributed by atoms with Gasteiger partial charge in [-0.3, -0.25) is 0 Å². The van der Waals surface area contributed by atoms with Crippen LogP contribution < -0.4 is 0 Å². The number of hydrogen-bond acceptors (Lipinski definition) is 2. The molecule has 0 aliphatic rings. The summed E-state index contributed by atoms with van der Waals surface area (Å²) in [5, 5.41) is 0. The minimum Gasteiger partial charge on any atom is -0.301 e. The van der Waals surface area contributed by atoms with Gasteiger partial charge in [-0.05, 0) is 0 Å². The molecule has 1 nitrogen and oxygen atoms in total. The molecule has 0 saturated carbocycles. The molecule has 0 aliphatic carbocycles. The number of hydrogen-bond donors (Lipinski definition) is 1. The quantitative estimate of drug-likeness (QED) is 0.337. The van der Waals surface area contributed by atoms with E-state index in [4.69, 9.17) is 0 Å². The fourth-order valence-corrected chi connectivity index (χ4v) is 0. The molecule has 0 radical (unpaired) electrons. The van der Waals surface area contributed by atoms with E-state index in [1.807, 2.05) is 0 Å². The highest BCUT2D eigenvalue weighted by molar-refractivity contribution is 9.11. The van der Waals surface area contributed by atoms with E-state index in [9.17, 15) is 4.79 Å². The summed E-state index contributed by atoms with van der Waals surface area (Å²) in [7, 11) is 0. The average Bonchev–Trinajstić information content (AvgIpc) is 1.38. The summed E-state index contributed by atoms with van der Waals surface area (Å²) in [6.07, 6.45) is 0.698. The van der Waals surface area contributed by atoms with Crippen molar-refractivity contribution in [1.29, 1.82) is 0 Å². The highest BCUT2D eigenvalue weighted by atomic mass is 79.9. The second-order valence-electron chi connectivity index (χ2n) is 0.509. The van der Waals surface area contributed by atoms with Crippen molar-refractivity contribution in [2.45, 2.75) is 4.16 Å². The summed E-state index contributed by atoms with van der Waals surface area (Å²) in [6.45, 7) is 0. The number of thiol groups is 1. The van der Waals surface area contributed by atoms with Crippen LogP contribution in [0.2, 0.25) is 0 Å². The van der Waals surface area contributed by atoms with Gasteiger partial charge in [0, 0.05) is 0 Å². The molecule has 5 heavy (non-hydrogen) atoms. The zero-order valence-electron chi connectivity index (χ0n) is 2.39. The maximum atomic E-state index is 9.38. The van der Waals surface area contributed by atoms with E-state index in [0.29, 0.717) is 6.29 Å². The van der Waals surface area contributed by atoms with Gasteiger partial charge in [-0.1, -0.05) is 15.9 Å². The molecule has 0 bridgehead atoms. The minimum atomic E-state index is -0.289. The van der Waals surface area contributed by atoms with Crippen LogP contribution in [0.5, 0.6) is 0 Å². The Morgan fingerprint density at radius 3 is 2.20 bits per heavy atom. The summed E-state index contributed by atoms with van der Waals surface area (Å²) in [4.78, 5) is 9.38. The molecule has 0 spiro atoms. The molecule has 0 aliphatic heterocycles. The van der Waals surface area contributed by atoms with Crippen molar-refractivity contribution in [2.75, 3.05) is 0 Å². The molecule has 0 saturated heterocycles. The summed E-state index contributed by atoms with van der Waals surface area (Å²) in [6, 6.07) is 0. The van der Waals surface area contributed by atoms with Gasteiger partial charge < -0.3 is 4.79 Å². The van der Waals surface area contributed by atoms with E-state index in [1.165, 1.54) is 0 Å². The third-order valence-electron chi connectivity index (χ3n) is 0.112. The molecule has 1 atom stereocenters. The molecule has 0 rings (SSSR count). The first-order valence-corrected chi connectivity index (χ1v) is 2.48. The molecular formula is C2H3BrOS. The van der Waals surface area contributed by atoms with Gasteiger partial charge in [-0.25, -0.2) is 0 Å². The molecule has 1 unspecified atom stereocenters. The van der Waals surface area contributed by atoms with Crippen molar-refractivity contribution in [1.82, 2.24) is 0 Å². The maximum Gasteiger partial charge on any atom is 0.143 e. The van der Waals surface area contributed by atoms with Crippen molar-refractivity contribution in [3.8, 4) is 0 Å². The molecule has 0 aromatic rings. The van der Waals surface area contributed by atoms with Crippen LogP contribution in [0.3, 0.4) is 0 Å². The normalized spacial score (nSPS) is 14.0. The zero-order chi connectivity index (χ0) is 4.28. The lowest BCUT2D eigenvalue weighted by molar-refractivity contribution is -0.106. The van der Waals surface area contributed by atoms with Gasteiger partial charge in [0.25, 0.3) is 0 Å². The molecule has 0 fully saturated rings. The van der Waals surface area contributed by atoms with E-state index in [0.717, 1.165) is 0 Å². The molecule has 0 amide bonds. The Kier molecular flexibility index (Phi) is 2.99. The highest BCUT2D eigenvalue weighted by Crippen LogP contribution is 1.96. The van der Waals surface area contributed by atoms with Crippen LogP contribution in [0.25, 0.3) is 0 Å². The fourth-order valence-electron chi connectivity index (χ4n) is 0. The lowest BCUT2D eigenvalue weighted by atomic mass is 10.9. The lowest BCUT2D eigenvalue weighted by Gasteiger charge is -1.75. The number of aldehydes is 1. The first-order chi connectivity index (χ1) is 2.27. The van der Waals surface area contributed by atoms with E-state index < -0.39 is 0 Å². The lowest BCUT2D eigenvalue weighted by Crippen LogP contribution is -1.81. The molecule has 30 valence electrons. The van der Waals surface area contributed by atoms with Crippen LogP contribution in [0.4, 0.5) is 0 Å². The third-order valence-corrected chi connectivity index (χ3v) is 0.450. The van der Waals surface area contributed by atoms with Crippen LogP contribution in [0.1, 0.15) is 0 Å². The van der Waals surface area contributed by atoms with Crippen molar-refractivity contribution in [3.63, 3.8) is 0 Å². The Balaban J connectivity index is 2.83. The highest BCUT2D eigenvalue weighted by Gasteiger charge is 1.83. The van der Waals surface area contributed by atoms with Crippen LogP contribution in [-0.4, -0.2) is 10.4 Å². The van der Waals surface area contributed by atoms with Crippen molar-refractivity contribution in [3.05, 3.63) is 0 Å². The summed E-state index contributed by atoms with van der Waals surface area (Å²) >= 11 is 6.52. The Morgan fingerprint density at radius 2 is 2.20 bits per heavy atom. The smallest absolute Gasteiger partial charge is 0.143 e. The van der Waals surface area contributed by atoms with Crippen molar-refractivity contribution >= 4 is 34.8 Å². The Hall–Kier alpha value is 0.500. The van der Waals surface area contributed by atoms with Crippen LogP contribution in [0, 0.1) is 0 Å². The van der Waals surface area contributed by atoms with Gasteiger partial charge in [0.15, 0.2) is 0 Å². The van der Waals surface area contributed by atoms with Gasteiger partial charge >= 0.3 is 0 Å². The standard InChI is InChI=1S/C2H3BrOS/c3-2(5)1-4/h1-2,5H. The van der Waals surface area contributed by atoms with Crippen LogP contribution >= 0.6 is 28.6 Å². The maximum absolute atomic E-state index is 9.38. The summed E-state index contributed by atoms with van der Waals surface area (Å²) in [5.41, 5.74) is 0. The average molecular weight is 155 g/mol. The van der Waals surface area contributed by atoms with Gasteiger partial charge in [-0.2, -0.15) is 12.6 Å². The number of carbonyl (C=O) groups excluding carboxylic acids is 1. The number of carbonyl (C=O) groups is 1. The van der Waals surface area contributed by atoms with Crippen molar-refractivity contribution < 1.29 is 4.79 Å². The van der Waals surface area contributed by atoms with Crippen LogP contribution in [-0.2, 0) is 4.79 Å². The molecule has 0 N–H and O–H groups in total. The van der Waals surface area contributed by atoms with Gasteiger partial charge in [0.05, 0.1) is 0 Å². The Morgan fingerprint density at radius 1 is 2.00 bits per heavy atom. The molecule has 0 aromatic carbocycles. The summed E-state index contributed by atoms with van der Waals surface area (Å²) in [5.74, 6) is 0. The molecule has 0 heterocycles. The van der Waals surface area contributed by atoms with E-state index in [2.05, 4.69) is 28.6 Å². The SMILES string of the molecule is O=CC(S)Br. The third kappa shape index (κ3) is 4.50. The number of rotatable bonds is 1. The van der Waals surface area contributed by atoms with Crippen LogP contribution in [0.15, 0.2) is 0 Å². The zero-order valence-corrected chi connectivity index (χ0v) is 4.87. The summed E-state index contributed by atoms with van der Waals surface area (Å²) < 4.78 is -0.289. The topological polar surface area (TPSA) is 17.1 Å². The predicted molar refractivity (Wildman–Crippen MR) is 27.8 cm³/mol. The molecule has 3 heteroatoms. The Bertz CT molecular complexity index is 36.6. The first kappa shape index (κ1) is 5.50.